The van der Waals surface area contributed by atoms with Gasteiger partial charge >= 0.3 is 13.6 Å². The fourth-order valence-corrected chi connectivity index (χ4v) is 5.58. The van der Waals surface area contributed by atoms with E-state index < -0.39 is 37.7 Å². The Morgan fingerprint density at radius 2 is 1.27 bits per heavy atom. The molecule has 174 valence electrons. The highest BCUT2D eigenvalue weighted by Crippen LogP contribution is 2.49. The van der Waals surface area contributed by atoms with Gasteiger partial charge in [0.15, 0.2) is 0 Å². The molecular formula is C23H24NO7PS. The Balaban J connectivity index is 1.87. The first-order chi connectivity index (χ1) is 16.0. The van der Waals surface area contributed by atoms with E-state index in [9.17, 15) is 13.6 Å². The molecule has 1 atom stereocenters. The number of ether oxygens (including phenoxy) is 1. The van der Waals surface area contributed by atoms with Crippen molar-refractivity contribution in [1.82, 2.24) is 4.31 Å². The molecule has 0 aliphatic rings. The van der Waals surface area contributed by atoms with Crippen LogP contribution in [0.1, 0.15) is 6.92 Å². The molecule has 0 bridgehead atoms. The van der Waals surface area contributed by atoms with Crippen LogP contribution >= 0.6 is 7.60 Å². The minimum atomic E-state index is -4.01. The summed E-state index contributed by atoms with van der Waals surface area (Å²) in [7, 11) is -4.01. The van der Waals surface area contributed by atoms with Crippen molar-refractivity contribution in [3.05, 3.63) is 91.0 Å². The van der Waals surface area contributed by atoms with Crippen molar-refractivity contribution < 1.29 is 31.5 Å². The minimum Gasteiger partial charge on any atom is -0.465 e. The third-order valence-electron chi connectivity index (χ3n) is 4.04. The van der Waals surface area contributed by atoms with Crippen LogP contribution in [0.2, 0.25) is 0 Å². The number of nitrogens with zero attached hydrogens (tertiary/aromatic N) is 1. The highest BCUT2D eigenvalue weighted by molar-refractivity contribution is 7.78. The summed E-state index contributed by atoms with van der Waals surface area (Å²) >= 11 is -2.20. The normalized spacial score (nSPS) is 12.1. The van der Waals surface area contributed by atoms with E-state index in [0.717, 1.165) is 4.31 Å². The quantitative estimate of drug-likeness (QED) is 0.266. The summed E-state index contributed by atoms with van der Waals surface area (Å²) in [4.78, 5) is 12.2. The van der Waals surface area contributed by atoms with Gasteiger partial charge in [-0.3, -0.25) is 4.79 Å². The van der Waals surface area contributed by atoms with Crippen LogP contribution in [0.15, 0.2) is 91.0 Å². The molecule has 0 aliphatic heterocycles. The number of carbonyl (C=O) groups excluding carboxylic acids is 1. The van der Waals surface area contributed by atoms with E-state index in [4.69, 9.17) is 18.0 Å². The number of hydrogen-bond acceptors (Lipinski definition) is 7. The van der Waals surface area contributed by atoms with Crippen LogP contribution in [0, 0.1) is 0 Å². The van der Waals surface area contributed by atoms with Gasteiger partial charge in [0.1, 0.15) is 30.1 Å². The van der Waals surface area contributed by atoms with E-state index >= 15 is 0 Å². The average molecular weight is 489 g/mol. The van der Waals surface area contributed by atoms with Crippen LogP contribution in [0.5, 0.6) is 17.2 Å². The van der Waals surface area contributed by atoms with E-state index in [1.54, 1.807) is 97.9 Å². The Bertz CT molecular complexity index is 1040. The Morgan fingerprint density at radius 3 is 1.73 bits per heavy atom. The molecule has 10 heteroatoms. The highest BCUT2D eigenvalue weighted by Gasteiger charge is 2.36. The third kappa shape index (κ3) is 8.05. The van der Waals surface area contributed by atoms with Gasteiger partial charge < -0.3 is 18.0 Å². The molecule has 33 heavy (non-hydrogen) atoms. The second-order valence-electron chi connectivity index (χ2n) is 6.62. The van der Waals surface area contributed by atoms with E-state index in [2.05, 4.69) is 0 Å². The molecule has 3 aromatic rings. The summed E-state index contributed by atoms with van der Waals surface area (Å²) < 4.78 is 49.8. The fourth-order valence-electron chi connectivity index (χ4n) is 2.67. The van der Waals surface area contributed by atoms with Crippen molar-refractivity contribution in [2.45, 2.75) is 6.92 Å². The van der Waals surface area contributed by atoms with E-state index in [1.165, 1.54) is 0 Å². The first-order valence-corrected chi connectivity index (χ1v) is 12.9. The summed E-state index contributed by atoms with van der Waals surface area (Å²) in [5, 5.41) is 0. The standard InChI is InChI=1S/C23H24NO7PS/c1-2-28-23(25)18-24(33(27)31-22-16-10-5-11-17-22)19-32(26,29-20-12-6-3-7-13-20)30-21-14-8-4-9-15-21/h3-17H,2,18-19H2,1H3. The lowest BCUT2D eigenvalue weighted by Crippen LogP contribution is -2.36. The van der Waals surface area contributed by atoms with Crippen molar-refractivity contribution in [2.75, 3.05) is 19.4 Å². The monoisotopic (exact) mass is 489 g/mol. The van der Waals surface area contributed by atoms with Gasteiger partial charge in [-0.1, -0.05) is 54.6 Å². The van der Waals surface area contributed by atoms with Crippen molar-refractivity contribution in [1.29, 1.82) is 0 Å². The van der Waals surface area contributed by atoms with Crippen LogP contribution < -0.4 is 13.2 Å². The largest absolute Gasteiger partial charge is 0.465 e. The topological polar surface area (TPSA) is 91.4 Å². The predicted octanol–water partition coefficient (Wildman–Crippen LogP) is 4.82. The van der Waals surface area contributed by atoms with Crippen LogP contribution in [0.25, 0.3) is 0 Å². The molecule has 0 amide bonds. The molecule has 8 nitrogen and oxygen atoms in total. The van der Waals surface area contributed by atoms with Gasteiger partial charge in [0, 0.05) is 0 Å². The number of esters is 1. The number of rotatable bonds is 12. The summed E-state index contributed by atoms with van der Waals surface area (Å²) in [6.45, 7) is 1.34. The van der Waals surface area contributed by atoms with Gasteiger partial charge in [0.05, 0.1) is 6.61 Å². The lowest BCUT2D eigenvalue weighted by Gasteiger charge is -2.25. The molecule has 0 N–H and O–H groups in total. The van der Waals surface area contributed by atoms with Crippen molar-refractivity contribution >= 4 is 24.8 Å². The molecule has 0 aromatic heterocycles. The van der Waals surface area contributed by atoms with E-state index in [-0.39, 0.29) is 6.61 Å². The smallest absolute Gasteiger partial charge is 0.445 e. The van der Waals surface area contributed by atoms with Gasteiger partial charge in [0.2, 0.25) is 0 Å². The van der Waals surface area contributed by atoms with Crippen LogP contribution in [0.3, 0.4) is 0 Å². The Labute approximate surface area is 195 Å². The summed E-state index contributed by atoms with van der Waals surface area (Å²) in [5.41, 5.74) is 0. The zero-order valence-electron chi connectivity index (χ0n) is 17.9. The fraction of sp³-hybridized carbons (Fsp3) is 0.174. The van der Waals surface area contributed by atoms with Crippen molar-refractivity contribution in [3.63, 3.8) is 0 Å². The van der Waals surface area contributed by atoms with Crippen molar-refractivity contribution in [3.8, 4) is 17.2 Å². The number of para-hydroxylation sites is 3. The molecular weight excluding hydrogens is 465 g/mol. The molecule has 0 heterocycles. The molecule has 3 aromatic carbocycles. The van der Waals surface area contributed by atoms with Crippen molar-refractivity contribution in [2.24, 2.45) is 0 Å². The Hall–Kier alpha value is -3.13. The average Bonchev–Trinajstić information content (AvgIpc) is 2.80. The molecule has 0 spiro atoms. The number of carbonyl (C=O) groups is 1. The molecule has 0 saturated heterocycles. The molecule has 0 fully saturated rings. The summed E-state index contributed by atoms with van der Waals surface area (Å²) in [6.07, 6.45) is -0.505. The molecule has 1 unspecified atom stereocenters. The number of benzene rings is 3. The van der Waals surface area contributed by atoms with Gasteiger partial charge in [-0.25, -0.2) is 4.57 Å². The zero-order chi connectivity index (χ0) is 23.5. The highest BCUT2D eigenvalue weighted by atomic mass is 32.2. The molecule has 0 saturated carbocycles. The second kappa shape index (κ2) is 12.2. The van der Waals surface area contributed by atoms with Crippen LogP contribution in [-0.2, 0) is 25.4 Å². The molecule has 3 rings (SSSR count). The van der Waals surface area contributed by atoms with Gasteiger partial charge in [0.25, 0.3) is 11.3 Å². The Morgan fingerprint density at radius 1 is 0.818 bits per heavy atom. The third-order valence-corrected chi connectivity index (χ3v) is 6.91. The molecule has 0 aliphatic carbocycles. The van der Waals surface area contributed by atoms with Gasteiger partial charge in [-0.2, -0.15) is 8.51 Å². The predicted molar refractivity (Wildman–Crippen MR) is 125 cm³/mol. The summed E-state index contributed by atoms with van der Waals surface area (Å²) in [5.74, 6) is 0.242. The SMILES string of the molecule is CCOC(=O)CN(CP(=O)(Oc1ccccc1)Oc1ccccc1)S(=O)Oc1ccccc1. The maximum atomic E-state index is 13.8. The maximum Gasteiger partial charge on any atom is 0.445 e. The summed E-state index contributed by atoms with van der Waals surface area (Å²) in [6, 6.07) is 25.3. The Kier molecular flexibility index (Phi) is 9.06. The lowest BCUT2D eigenvalue weighted by atomic mass is 10.3. The van der Waals surface area contributed by atoms with E-state index in [0.29, 0.717) is 17.2 Å². The number of hydrogen-bond donors (Lipinski definition) is 0. The first-order valence-electron chi connectivity index (χ1n) is 10.1. The maximum absolute atomic E-state index is 13.8. The van der Waals surface area contributed by atoms with Gasteiger partial charge in [-0.15, -0.1) is 0 Å². The molecule has 0 radical (unpaired) electrons. The van der Waals surface area contributed by atoms with E-state index in [1.807, 2.05) is 0 Å². The van der Waals surface area contributed by atoms with Gasteiger partial charge in [-0.05, 0) is 43.3 Å². The first kappa shape index (κ1) is 24.5. The lowest BCUT2D eigenvalue weighted by molar-refractivity contribution is -0.143. The second-order valence-corrected chi connectivity index (χ2v) is 9.61. The zero-order valence-corrected chi connectivity index (χ0v) is 19.7. The minimum absolute atomic E-state index is 0.136. The van der Waals surface area contributed by atoms with Crippen LogP contribution in [0.4, 0.5) is 0 Å². The van der Waals surface area contributed by atoms with Crippen LogP contribution in [-0.4, -0.2) is 33.9 Å².